The molecule has 1 saturated carbocycles. The average molecular weight is 306 g/mol. The van der Waals surface area contributed by atoms with E-state index in [1.54, 1.807) is 13.0 Å². The number of esters is 1. The van der Waals surface area contributed by atoms with Crippen molar-refractivity contribution in [1.82, 2.24) is 0 Å². The van der Waals surface area contributed by atoms with Gasteiger partial charge in [0.15, 0.2) is 11.6 Å². The molecule has 4 rings (SSSR count). The summed E-state index contributed by atoms with van der Waals surface area (Å²) < 4.78 is 11.6. The fourth-order valence-corrected chi connectivity index (χ4v) is 5.33. The van der Waals surface area contributed by atoms with Crippen molar-refractivity contribution < 1.29 is 24.2 Å². The standard InChI is InChI=1S/C17H22O5/c1-8-7-10-12-13(15(2)9(8)5-6-11(15)18)22-17(4,20)16(12,3)14(19)21-10/h5-6,8-10,12-13,20H,7H2,1-4H3/t8-,9+,10+,12+,13+,15-,16-,17+/m0/s1. The molecule has 0 unspecified atom stereocenters. The molecule has 2 heterocycles. The summed E-state index contributed by atoms with van der Waals surface area (Å²) in [7, 11) is 0. The van der Waals surface area contributed by atoms with Crippen LogP contribution >= 0.6 is 0 Å². The number of ether oxygens (including phenoxy) is 2. The van der Waals surface area contributed by atoms with Crippen LogP contribution in [0.2, 0.25) is 0 Å². The second-order valence-corrected chi connectivity index (χ2v) is 7.94. The van der Waals surface area contributed by atoms with E-state index >= 15 is 0 Å². The van der Waals surface area contributed by atoms with E-state index in [1.165, 1.54) is 6.92 Å². The van der Waals surface area contributed by atoms with Gasteiger partial charge >= 0.3 is 5.97 Å². The quantitative estimate of drug-likeness (QED) is 0.686. The first-order valence-corrected chi connectivity index (χ1v) is 7.98. The van der Waals surface area contributed by atoms with Crippen molar-refractivity contribution in [3.8, 4) is 0 Å². The lowest BCUT2D eigenvalue weighted by Gasteiger charge is -2.37. The Hall–Kier alpha value is -1.20. The maximum Gasteiger partial charge on any atom is 0.318 e. The summed E-state index contributed by atoms with van der Waals surface area (Å²) in [6.45, 7) is 7.23. The minimum absolute atomic E-state index is 0.0226. The fourth-order valence-electron chi connectivity index (χ4n) is 5.33. The van der Waals surface area contributed by atoms with E-state index in [0.29, 0.717) is 6.42 Å². The third-order valence-corrected chi connectivity index (χ3v) is 6.88. The van der Waals surface area contributed by atoms with Gasteiger partial charge in [0.2, 0.25) is 0 Å². The molecule has 0 aromatic carbocycles. The largest absolute Gasteiger partial charge is 0.461 e. The van der Waals surface area contributed by atoms with E-state index in [-0.39, 0.29) is 29.6 Å². The van der Waals surface area contributed by atoms with E-state index in [2.05, 4.69) is 6.92 Å². The lowest BCUT2D eigenvalue weighted by molar-refractivity contribution is -0.239. The molecular weight excluding hydrogens is 284 g/mol. The van der Waals surface area contributed by atoms with Crippen LogP contribution in [0.3, 0.4) is 0 Å². The number of fused-ring (bicyclic) bond motifs is 2. The van der Waals surface area contributed by atoms with Gasteiger partial charge in [-0.2, -0.15) is 0 Å². The second-order valence-electron chi connectivity index (χ2n) is 7.94. The Balaban J connectivity index is 1.92. The molecule has 2 aliphatic carbocycles. The first-order valence-electron chi connectivity index (χ1n) is 7.98. The fraction of sp³-hybridized carbons (Fsp3) is 0.765. The van der Waals surface area contributed by atoms with Gasteiger partial charge in [-0.3, -0.25) is 9.59 Å². The molecule has 3 fully saturated rings. The Bertz CT molecular complexity index is 608. The normalized spacial score (nSPS) is 59.2. The van der Waals surface area contributed by atoms with E-state index in [1.807, 2.05) is 13.0 Å². The number of carbonyl (C=O) groups is 2. The first kappa shape index (κ1) is 14.4. The van der Waals surface area contributed by atoms with Crippen LogP contribution in [0.25, 0.3) is 0 Å². The number of aliphatic hydroxyl groups is 1. The van der Waals surface area contributed by atoms with E-state index < -0.39 is 28.7 Å². The molecule has 5 nitrogen and oxygen atoms in total. The minimum atomic E-state index is -1.62. The van der Waals surface area contributed by atoms with Crippen molar-refractivity contribution in [2.24, 2.45) is 28.6 Å². The van der Waals surface area contributed by atoms with Gasteiger partial charge in [0.1, 0.15) is 11.5 Å². The van der Waals surface area contributed by atoms with E-state index in [0.717, 1.165) is 0 Å². The zero-order valence-corrected chi connectivity index (χ0v) is 13.3. The Labute approximate surface area is 129 Å². The highest BCUT2D eigenvalue weighted by Gasteiger charge is 2.76. The van der Waals surface area contributed by atoms with E-state index in [9.17, 15) is 14.7 Å². The number of ketones is 1. The summed E-state index contributed by atoms with van der Waals surface area (Å²) >= 11 is 0. The summed E-state index contributed by atoms with van der Waals surface area (Å²) in [4.78, 5) is 25.1. The van der Waals surface area contributed by atoms with Crippen LogP contribution in [0.4, 0.5) is 0 Å². The molecule has 0 amide bonds. The molecule has 0 aromatic rings. The van der Waals surface area contributed by atoms with Crippen LogP contribution in [0.15, 0.2) is 12.2 Å². The van der Waals surface area contributed by atoms with Gasteiger partial charge in [-0.05, 0) is 45.1 Å². The van der Waals surface area contributed by atoms with Crippen molar-refractivity contribution in [3.63, 3.8) is 0 Å². The molecule has 0 aromatic heterocycles. The summed E-state index contributed by atoms with van der Waals surface area (Å²) in [5.74, 6) is -2.04. The molecule has 0 bridgehead atoms. The SMILES string of the molecule is C[C@H]1C[C@H]2OC(=O)[C@]3(C)[C@H]2[C@@H](O[C@@]3(C)O)[C@]2(C)C(=O)C=C[C@H]12. The van der Waals surface area contributed by atoms with Gasteiger partial charge in [-0.1, -0.05) is 13.0 Å². The second kappa shape index (κ2) is 3.82. The minimum Gasteiger partial charge on any atom is -0.461 e. The number of hydrogen-bond donors (Lipinski definition) is 1. The number of rotatable bonds is 0. The Morgan fingerprint density at radius 2 is 1.95 bits per heavy atom. The number of hydrogen-bond acceptors (Lipinski definition) is 5. The van der Waals surface area contributed by atoms with Crippen LogP contribution in [0.5, 0.6) is 0 Å². The van der Waals surface area contributed by atoms with Crippen molar-refractivity contribution in [2.45, 2.75) is 52.1 Å². The molecule has 4 aliphatic rings. The van der Waals surface area contributed by atoms with Gasteiger partial charge in [0, 0.05) is 5.92 Å². The maximum atomic E-state index is 12.6. The molecule has 120 valence electrons. The first-order chi connectivity index (χ1) is 10.1. The number of allylic oxidation sites excluding steroid dienone is 2. The van der Waals surface area contributed by atoms with Crippen LogP contribution in [-0.2, 0) is 19.1 Å². The van der Waals surface area contributed by atoms with Gasteiger partial charge in [0.05, 0.1) is 11.5 Å². The van der Waals surface area contributed by atoms with Crippen LogP contribution in [0.1, 0.15) is 34.1 Å². The van der Waals surface area contributed by atoms with Crippen LogP contribution in [0, 0.1) is 28.6 Å². The lowest BCUT2D eigenvalue weighted by atomic mass is 9.64. The van der Waals surface area contributed by atoms with Gasteiger partial charge in [-0.15, -0.1) is 0 Å². The zero-order valence-electron chi connectivity index (χ0n) is 13.3. The Morgan fingerprint density at radius 3 is 2.64 bits per heavy atom. The predicted octanol–water partition coefficient (Wildman–Crippen LogP) is 1.44. The van der Waals surface area contributed by atoms with Gasteiger partial charge in [-0.25, -0.2) is 0 Å². The van der Waals surface area contributed by atoms with Crippen LogP contribution < -0.4 is 0 Å². The maximum absolute atomic E-state index is 12.6. The molecule has 5 heteroatoms. The van der Waals surface area contributed by atoms with Crippen LogP contribution in [-0.4, -0.2) is 34.9 Å². The molecular formula is C17H22O5. The van der Waals surface area contributed by atoms with E-state index in [4.69, 9.17) is 9.47 Å². The topological polar surface area (TPSA) is 72.8 Å². The Kier molecular flexibility index (Phi) is 2.50. The summed E-state index contributed by atoms with van der Waals surface area (Å²) in [5.41, 5.74) is -1.86. The molecule has 0 radical (unpaired) electrons. The highest BCUT2D eigenvalue weighted by atomic mass is 16.7. The summed E-state index contributed by atoms with van der Waals surface area (Å²) in [5, 5.41) is 10.8. The molecule has 1 N–H and O–H groups in total. The average Bonchev–Trinajstić information content (AvgIpc) is 2.91. The smallest absolute Gasteiger partial charge is 0.318 e. The van der Waals surface area contributed by atoms with Crippen molar-refractivity contribution in [1.29, 1.82) is 0 Å². The summed E-state index contributed by atoms with van der Waals surface area (Å²) in [6.07, 6.45) is 3.48. The molecule has 2 aliphatic heterocycles. The van der Waals surface area contributed by atoms with Crippen molar-refractivity contribution in [3.05, 3.63) is 12.2 Å². The highest BCUT2D eigenvalue weighted by Crippen LogP contribution is 2.64. The zero-order chi connectivity index (χ0) is 16.1. The van der Waals surface area contributed by atoms with Crippen molar-refractivity contribution >= 4 is 11.8 Å². The summed E-state index contributed by atoms with van der Waals surface area (Å²) in [6, 6.07) is 0. The monoisotopic (exact) mass is 306 g/mol. The van der Waals surface area contributed by atoms with Crippen molar-refractivity contribution in [2.75, 3.05) is 0 Å². The molecule has 22 heavy (non-hydrogen) atoms. The predicted molar refractivity (Wildman–Crippen MR) is 76.5 cm³/mol. The number of carbonyl (C=O) groups excluding carboxylic acids is 2. The highest BCUT2D eigenvalue weighted by molar-refractivity contribution is 5.98. The third kappa shape index (κ3) is 1.30. The Morgan fingerprint density at radius 1 is 1.27 bits per heavy atom. The van der Waals surface area contributed by atoms with Gasteiger partial charge < -0.3 is 14.6 Å². The lowest BCUT2D eigenvalue weighted by Crippen LogP contribution is -2.47. The van der Waals surface area contributed by atoms with Gasteiger partial charge in [0.25, 0.3) is 0 Å². The molecule has 2 saturated heterocycles. The molecule has 8 atom stereocenters. The third-order valence-electron chi connectivity index (χ3n) is 6.88. The molecule has 0 spiro atoms.